The molecule has 51 heavy (non-hydrogen) atoms. The second kappa shape index (κ2) is 14.7. The summed E-state index contributed by atoms with van der Waals surface area (Å²) in [5, 5.41) is 31.0. The number of phosphoric acid groups is 4. The van der Waals surface area contributed by atoms with Crippen LogP contribution in [0.4, 0.5) is 5.82 Å². The Labute approximate surface area is 282 Å². The summed E-state index contributed by atoms with van der Waals surface area (Å²) in [4.78, 5) is 85.7. The van der Waals surface area contributed by atoms with Crippen molar-refractivity contribution >= 4 is 48.3 Å². The van der Waals surface area contributed by atoms with Gasteiger partial charge in [-0.25, -0.2) is 32.7 Å². The van der Waals surface area contributed by atoms with Crippen molar-refractivity contribution in [2.24, 2.45) is 0 Å². The number of aromatic nitrogens is 6. The van der Waals surface area contributed by atoms with Gasteiger partial charge in [0.15, 0.2) is 17.7 Å². The summed E-state index contributed by atoms with van der Waals surface area (Å²) in [6.45, 7) is -1.00. The van der Waals surface area contributed by atoms with Gasteiger partial charge in [-0.15, -0.1) is 0 Å². The zero-order chi connectivity index (χ0) is 37.7. The molecule has 0 aliphatic carbocycles. The first-order valence-electron chi connectivity index (χ1n) is 13.8. The van der Waals surface area contributed by atoms with Gasteiger partial charge in [-0.2, -0.15) is 0 Å². The van der Waals surface area contributed by atoms with E-state index in [2.05, 4.69) is 36.9 Å². The third-order valence-electron chi connectivity index (χ3n) is 7.05. The number of rotatable bonds is 14. The molecule has 5 rings (SSSR count). The van der Waals surface area contributed by atoms with E-state index in [1.165, 1.54) is 6.92 Å². The van der Waals surface area contributed by atoms with Crippen molar-refractivity contribution in [2.45, 2.75) is 56.3 Å². The van der Waals surface area contributed by atoms with E-state index in [4.69, 9.17) is 15.2 Å². The van der Waals surface area contributed by atoms with Crippen molar-refractivity contribution in [3.8, 4) is 0 Å². The molecule has 0 bridgehead atoms. The second-order valence-corrected chi connectivity index (χ2v) is 16.7. The number of phosphoric ester groups is 2. The van der Waals surface area contributed by atoms with Crippen LogP contribution in [-0.4, -0.2) is 88.1 Å². The summed E-state index contributed by atoms with van der Waals surface area (Å²) in [7, 11) is -25.3. The van der Waals surface area contributed by atoms with E-state index < -0.39 is 98.7 Å². The van der Waals surface area contributed by atoms with E-state index in [0.717, 1.165) is 28.0 Å². The Bertz CT molecular complexity index is 2090. The number of aromatic amines is 1. The summed E-state index contributed by atoms with van der Waals surface area (Å²) in [6.07, 6.45) is -8.05. The molecule has 11 atom stereocenters. The number of nitrogen functional groups attached to an aromatic ring is 1. The first-order valence-corrected chi connectivity index (χ1v) is 19.7. The van der Waals surface area contributed by atoms with Gasteiger partial charge >= 0.3 is 5.69 Å². The van der Waals surface area contributed by atoms with Crippen molar-refractivity contribution in [3.63, 3.8) is 0 Å². The fourth-order valence-corrected chi connectivity index (χ4v) is 9.51. The van der Waals surface area contributed by atoms with Crippen molar-refractivity contribution < 1.29 is 84.6 Å². The molecule has 0 spiro atoms. The third kappa shape index (κ3) is 9.31. The monoisotopic (exact) mass is 807 g/mol. The van der Waals surface area contributed by atoms with Gasteiger partial charge in [-0.05, 0) is 6.92 Å². The van der Waals surface area contributed by atoms with Crippen LogP contribution in [0.3, 0.4) is 0 Å². The lowest BCUT2D eigenvalue weighted by atomic mass is 10.1. The number of aliphatic hydroxyl groups excluding tert-OH is 3. The minimum Gasteiger partial charge on any atom is -0.756 e. The maximum atomic E-state index is 12.2. The maximum Gasteiger partial charge on any atom is 0.330 e. The average molecular weight is 807 g/mol. The van der Waals surface area contributed by atoms with Crippen LogP contribution in [0.15, 0.2) is 28.4 Å². The Kier molecular flexibility index (Phi) is 11.4. The first-order chi connectivity index (χ1) is 23.6. The molecule has 31 heteroatoms. The number of fused-ring (bicyclic) bond motifs is 1. The predicted octanol–water partition coefficient (Wildman–Crippen LogP) is -4.51. The molecule has 2 fully saturated rings. The Morgan fingerprint density at radius 3 is 2.10 bits per heavy atom. The lowest BCUT2D eigenvalue weighted by molar-refractivity contribution is -0.255. The topological polar surface area (TPSA) is 410 Å². The number of aryl methyl sites for hydroxylation is 1. The van der Waals surface area contributed by atoms with E-state index in [1.807, 2.05) is 4.98 Å². The van der Waals surface area contributed by atoms with Crippen molar-refractivity contribution in [1.29, 1.82) is 0 Å². The summed E-state index contributed by atoms with van der Waals surface area (Å²) >= 11 is 0. The first kappa shape index (κ1) is 39.6. The lowest BCUT2D eigenvalue weighted by Gasteiger charge is -2.36. The zero-order valence-corrected chi connectivity index (χ0v) is 28.9. The summed E-state index contributed by atoms with van der Waals surface area (Å²) in [6, 6.07) is 0. The van der Waals surface area contributed by atoms with Crippen LogP contribution in [0.25, 0.3) is 11.2 Å². The molecule has 0 radical (unpaired) electrons. The van der Waals surface area contributed by atoms with Crippen LogP contribution >= 0.6 is 31.3 Å². The number of imidazole rings is 1. The van der Waals surface area contributed by atoms with Gasteiger partial charge in [-0.3, -0.25) is 37.2 Å². The predicted molar refractivity (Wildman–Crippen MR) is 152 cm³/mol. The molecule has 6 N–H and O–H groups in total. The number of hydrogen-bond acceptors (Lipinski definition) is 24. The molecule has 284 valence electrons. The molecule has 0 aromatic carbocycles. The van der Waals surface area contributed by atoms with E-state index >= 15 is 0 Å². The second-order valence-electron chi connectivity index (χ2n) is 10.7. The number of nitrogens with zero attached hydrogens (tertiary/aromatic N) is 5. The smallest absolute Gasteiger partial charge is 0.330 e. The van der Waals surface area contributed by atoms with Gasteiger partial charge in [0, 0.05) is 18.2 Å². The normalized spacial score (nSPS) is 30.1. The molecule has 11 unspecified atom stereocenters. The summed E-state index contributed by atoms with van der Waals surface area (Å²) in [5.41, 5.74) is 4.31. The van der Waals surface area contributed by atoms with Gasteiger partial charge in [-0.1, -0.05) is 0 Å². The SMILES string of the molecule is Cc1cn(C2CC(O)C(COP(=O)([O-])OP(=O)([O-])OP(=O)([O-])OP(=O)([O-])OCC3OC(n4cnc5c(N)ncnc54)C(O)C3O)O2)c(=O)[nH]c1=O. The number of nitrogens with one attached hydrogen (secondary N) is 1. The van der Waals surface area contributed by atoms with Crippen LogP contribution in [0.5, 0.6) is 0 Å². The van der Waals surface area contributed by atoms with Crippen LogP contribution in [0, 0.1) is 6.92 Å². The fraction of sp³-hybridized carbons (Fsp3) is 0.550. The number of nitrogens with two attached hydrogens (primary N) is 1. The molecule has 2 saturated heterocycles. The Morgan fingerprint density at radius 1 is 0.882 bits per heavy atom. The molecule has 27 nitrogen and oxygen atoms in total. The highest BCUT2D eigenvalue weighted by Gasteiger charge is 2.45. The molecule has 0 amide bonds. The largest absolute Gasteiger partial charge is 0.756 e. The van der Waals surface area contributed by atoms with E-state index in [0.29, 0.717) is 0 Å². The summed E-state index contributed by atoms with van der Waals surface area (Å²) < 4.78 is 80.5. The van der Waals surface area contributed by atoms with Gasteiger partial charge in [0.2, 0.25) is 0 Å². The molecule has 0 saturated carbocycles. The Balaban J connectivity index is 1.13. The summed E-state index contributed by atoms with van der Waals surface area (Å²) in [5.74, 6) is -0.0363. The number of anilines is 1. The molecule has 3 aromatic heterocycles. The highest BCUT2D eigenvalue weighted by molar-refractivity contribution is 7.68. The molecule has 2 aliphatic rings. The van der Waals surface area contributed by atoms with Gasteiger partial charge < -0.3 is 59.1 Å². The number of hydrogen-bond donors (Lipinski definition) is 5. The third-order valence-corrected chi connectivity index (χ3v) is 12.8. The van der Waals surface area contributed by atoms with Gasteiger partial charge in [0.05, 0.1) is 25.6 Å². The number of ether oxygens (including phenoxy) is 2. The van der Waals surface area contributed by atoms with Crippen LogP contribution in [0.1, 0.15) is 24.4 Å². The molecular formula is C20H25N7O20P4-4. The quantitative estimate of drug-likeness (QED) is 0.0958. The Hall–Kier alpha value is -2.61. The molecule has 5 heterocycles. The molecule has 3 aromatic rings. The van der Waals surface area contributed by atoms with Gasteiger partial charge in [0.25, 0.3) is 36.9 Å². The van der Waals surface area contributed by atoms with E-state index in [-0.39, 0.29) is 29.0 Å². The van der Waals surface area contributed by atoms with E-state index in [1.54, 1.807) is 0 Å². The number of aliphatic hydroxyl groups is 3. The van der Waals surface area contributed by atoms with Crippen LogP contribution < -0.4 is 36.6 Å². The minimum atomic E-state index is -6.58. The molecule has 2 aliphatic heterocycles. The maximum absolute atomic E-state index is 12.2. The van der Waals surface area contributed by atoms with Crippen LogP contribution in [-0.2, 0) is 49.7 Å². The lowest BCUT2D eigenvalue weighted by Crippen LogP contribution is -2.34. The Morgan fingerprint density at radius 2 is 1.47 bits per heavy atom. The van der Waals surface area contributed by atoms with Crippen molar-refractivity contribution in [3.05, 3.63) is 45.3 Å². The minimum absolute atomic E-state index is 0.0363. The highest BCUT2D eigenvalue weighted by Crippen LogP contribution is 2.66. The standard InChI is InChI=1S/C20H29N7O20P4/c1-8-3-26(20(32)25-18(8)31)12-2-9(28)10(43-12)4-41-48(33,34)45-50(37,38)47-51(39,40)46-49(35,36)42-5-11-14(29)15(30)19(44-11)27-7-24-13-16(21)22-6-23-17(13)27/h3,6-7,9-12,14-15,19,28-30H,2,4-5H2,1H3,(H,33,34)(H,35,36)(H,37,38)(H,39,40)(H2,21,22,23)(H,25,31,32)/p-4. The average Bonchev–Trinajstić information content (AvgIpc) is 3.67. The zero-order valence-electron chi connectivity index (χ0n) is 25.3. The number of H-pyrrole nitrogens is 1. The fourth-order valence-electron chi connectivity index (χ4n) is 4.76. The van der Waals surface area contributed by atoms with Crippen molar-refractivity contribution in [1.82, 2.24) is 29.1 Å². The molecular weight excluding hydrogens is 782 g/mol. The van der Waals surface area contributed by atoms with Crippen LogP contribution in [0.2, 0.25) is 0 Å². The highest BCUT2D eigenvalue weighted by atomic mass is 31.3. The van der Waals surface area contributed by atoms with E-state index in [9.17, 15) is 62.7 Å². The van der Waals surface area contributed by atoms with Gasteiger partial charge in [0.1, 0.15) is 42.5 Å². The van der Waals surface area contributed by atoms with Crippen molar-refractivity contribution in [2.75, 3.05) is 18.9 Å².